The molecule has 1 aromatic heterocycles. The lowest BCUT2D eigenvalue weighted by atomic mass is 9.98. The largest absolute Gasteiger partial charge is 0.317 e. The first-order valence-corrected chi connectivity index (χ1v) is 5.07. The summed E-state index contributed by atoms with van der Waals surface area (Å²) in [5.74, 6) is 7.09. The summed E-state index contributed by atoms with van der Waals surface area (Å²) in [5.41, 5.74) is 1.07. The zero-order valence-corrected chi connectivity index (χ0v) is 8.16. The van der Waals surface area contributed by atoms with Crippen molar-refractivity contribution in [3.8, 4) is 11.8 Å². The number of nitrogens with one attached hydrogen (secondary N) is 1. The maximum Gasteiger partial charge on any atom is 0.0280 e. The van der Waals surface area contributed by atoms with Gasteiger partial charge in [-0.15, -0.1) is 0 Å². The van der Waals surface area contributed by atoms with Gasteiger partial charge in [0, 0.05) is 23.9 Å². The molecule has 0 aromatic carbocycles. The molecular weight excluding hydrogens is 172 g/mol. The summed E-state index contributed by atoms with van der Waals surface area (Å²) in [6.07, 6.45) is 5.93. The Morgan fingerprint density at radius 1 is 1.21 bits per heavy atom. The van der Waals surface area contributed by atoms with Gasteiger partial charge in [-0.25, -0.2) is 0 Å². The minimum atomic E-state index is 0.574. The molecule has 2 heterocycles. The van der Waals surface area contributed by atoms with Gasteiger partial charge in [0.25, 0.3) is 0 Å². The van der Waals surface area contributed by atoms with Gasteiger partial charge in [0.2, 0.25) is 0 Å². The predicted molar refractivity (Wildman–Crippen MR) is 56.7 cm³/mol. The van der Waals surface area contributed by atoms with Crippen molar-refractivity contribution < 1.29 is 0 Å². The van der Waals surface area contributed by atoms with Gasteiger partial charge in [-0.2, -0.15) is 0 Å². The van der Waals surface area contributed by atoms with E-state index in [9.17, 15) is 0 Å². The number of piperidine rings is 1. The average Bonchev–Trinajstić information content (AvgIpc) is 2.29. The second kappa shape index (κ2) is 4.78. The standard InChI is InChI=1S/C12H14N2/c1(11-3-7-13-8-4-11)2-12-5-9-14-10-6-12/h3-4,7-8,12,14H,5-6,9-10H2. The van der Waals surface area contributed by atoms with Gasteiger partial charge in [0.05, 0.1) is 0 Å². The highest BCUT2D eigenvalue weighted by Crippen LogP contribution is 2.09. The fraction of sp³-hybridized carbons (Fsp3) is 0.417. The van der Waals surface area contributed by atoms with E-state index in [0.29, 0.717) is 5.92 Å². The van der Waals surface area contributed by atoms with Crippen LogP contribution in [0.3, 0.4) is 0 Å². The summed E-state index contributed by atoms with van der Waals surface area (Å²) >= 11 is 0. The van der Waals surface area contributed by atoms with Crippen LogP contribution in [0.5, 0.6) is 0 Å². The van der Waals surface area contributed by atoms with Crippen molar-refractivity contribution in [2.24, 2.45) is 5.92 Å². The normalized spacial score (nSPS) is 17.1. The molecule has 72 valence electrons. The van der Waals surface area contributed by atoms with Gasteiger partial charge in [-0.05, 0) is 38.1 Å². The zero-order valence-electron chi connectivity index (χ0n) is 8.16. The van der Waals surface area contributed by atoms with E-state index < -0.39 is 0 Å². The Kier molecular flexibility index (Phi) is 3.15. The molecule has 0 amide bonds. The second-order valence-electron chi connectivity index (χ2n) is 3.53. The number of nitrogens with zero attached hydrogens (tertiary/aromatic N) is 1. The van der Waals surface area contributed by atoms with Crippen molar-refractivity contribution in [2.45, 2.75) is 12.8 Å². The molecule has 1 saturated heterocycles. The second-order valence-corrected chi connectivity index (χ2v) is 3.53. The summed E-state index contributed by atoms with van der Waals surface area (Å²) in [6, 6.07) is 3.90. The summed E-state index contributed by atoms with van der Waals surface area (Å²) < 4.78 is 0. The van der Waals surface area contributed by atoms with Crippen molar-refractivity contribution in [3.63, 3.8) is 0 Å². The third-order valence-electron chi connectivity index (χ3n) is 2.44. The Morgan fingerprint density at radius 2 is 1.93 bits per heavy atom. The van der Waals surface area contributed by atoms with Crippen LogP contribution in [0.1, 0.15) is 18.4 Å². The van der Waals surface area contributed by atoms with Crippen LogP contribution in [0.25, 0.3) is 0 Å². The van der Waals surface area contributed by atoms with E-state index in [2.05, 4.69) is 22.1 Å². The van der Waals surface area contributed by atoms with Gasteiger partial charge in [-0.1, -0.05) is 11.8 Å². The fourth-order valence-corrected chi connectivity index (χ4v) is 1.59. The van der Waals surface area contributed by atoms with Crippen LogP contribution < -0.4 is 5.32 Å². The molecule has 0 spiro atoms. The maximum absolute atomic E-state index is 3.96. The van der Waals surface area contributed by atoms with Crippen LogP contribution in [-0.2, 0) is 0 Å². The molecule has 1 N–H and O–H groups in total. The van der Waals surface area contributed by atoms with Crippen molar-refractivity contribution >= 4 is 0 Å². The highest BCUT2D eigenvalue weighted by Gasteiger charge is 2.08. The maximum atomic E-state index is 3.96. The van der Waals surface area contributed by atoms with Crippen molar-refractivity contribution in [2.75, 3.05) is 13.1 Å². The Balaban J connectivity index is 1.99. The van der Waals surface area contributed by atoms with Crippen LogP contribution in [0.4, 0.5) is 0 Å². The Hall–Kier alpha value is -1.33. The van der Waals surface area contributed by atoms with E-state index in [1.807, 2.05) is 12.1 Å². The molecule has 0 aliphatic carbocycles. The first kappa shape index (κ1) is 9.23. The van der Waals surface area contributed by atoms with Gasteiger partial charge >= 0.3 is 0 Å². The van der Waals surface area contributed by atoms with Crippen LogP contribution in [0.2, 0.25) is 0 Å². The van der Waals surface area contributed by atoms with Crippen LogP contribution in [-0.4, -0.2) is 18.1 Å². The van der Waals surface area contributed by atoms with E-state index in [0.717, 1.165) is 18.7 Å². The topological polar surface area (TPSA) is 24.9 Å². The van der Waals surface area contributed by atoms with Crippen LogP contribution >= 0.6 is 0 Å². The molecular formula is C12H14N2. The first-order chi connectivity index (χ1) is 6.95. The van der Waals surface area contributed by atoms with Gasteiger partial charge in [-0.3, -0.25) is 4.98 Å². The van der Waals surface area contributed by atoms with Crippen molar-refractivity contribution in [3.05, 3.63) is 30.1 Å². The SMILES string of the molecule is C(#CC1CCNCC1)c1ccncc1. The monoisotopic (exact) mass is 186 g/mol. The lowest BCUT2D eigenvalue weighted by Gasteiger charge is -2.17. The minimum absolute atomic E-state index is 0.574. The molecule has 0 unspecified atom stereocenters. The quantitative estimate of drug-likeness (QED) is 0.620. The molecule has 1 aliphatic heterocycles. The highest BCUT2D eigenvalue weighted by molar-refractivity contribution is 5.32. The third kappa shape index (κ3) is 2.58. The molecule has 2 heteroatoms. The molecule has 2 rings (SSSR count). The number of hydrogen-bond acceptors (Lipinski definition) is 2. The number of rotatable bonds is 0. The molecule has 0 radical (unpaired) electrons. The van der Waals surface area contributed by atoms with E-state index in [1.54, 1.807) is 12.4 Å². The van der Waals surface area contributed by atoms with Gasteiger partial charge in [0.15, 0.2) is 0 Å². The van der Waals surface area contributed by atoms with Gasteiger partial charge < -0.3 is 5.32 Å². The summed E-state index contributed by atoms with van der Waals surface area (Å²) in [7, 11) is 0. The van der Waals surface area contributed by atoms with Crippen molar-refractivity contribution in [1.29, 1.82) is 0 Å². The van der Waals surface area contributed by atoms with Crippen LogP contribution in [0.15, 0.2) is 24.5 Å². The van der Waals surface area contributed by atoms with Crippen LogP contribution in [0, 0.1) is 17.8 Å². The summed E-state index contributed by atoms with van der Waals surface area (Å²) in [6.45, 7) is 2.21. The summed E-state index contributed by atoms with van der Waals surface area (Å²) in [5, 5.41) is 3.34. The van der Waals surface area contributed by atoms with Crippen molar-refractivity contribution in [1.82, 2.24) is 10.3 Å². The lowest BCUT2D eigenvalue weighted by Crippen LogP contribution is -2.26. The zero-order chi connectivity index (χ0) is 9.64. The van der Waals surface area contributed by atoms with E-state index in [1.165, 1.54) is 12.8 Å². The van der Waals surface area contributed by atoms with E-state index >= 15 is 0 Å². The van der Waals surface area contributed by atoms with Gasteiger partial charge in [0.1, 0.15) is 0 Å². The molecule has 2 nitrogen and oxygen atoms in total. The summed E-state index contributed by atoms with van der Waals surface area (Å²) in [4.78, 5) is 3.96. The minimum Gasteiger partial charge on any atom is -0.317 e. The molecule has 0 bridgehead atoms. The Labute approximate surface area is 84.7 Å². The molecule has 14 heavy (non-hydrogen) atoms. The number of hydrogen-bond donors (Lipinski definition) is 1. The molecule has 0 atom stereocenters. The Morgan fingerprint density at radius 3 is 2.64 bits per heavy atom. The number of pyridine rings is 1. The number of aromatic nitrogens is 1. The fourth-order valence-electron chi connectivity index (χ4n) is 1.59. The highest BCUT2D eigenvalue weighted by atomic mass is 14.9. The molecule has 1 fully saturated rings. The Bertz CT molecular complexity index is 328. The molecule has 1 aliphatic rings. The van der Waals surface area contributed by atoms with E-state index in [-0.39, 0.29) is 0 Å². The third-order valence-corrected chi connectivity index (χ3v) is 2.44. The average molecular weight is 186 g/mol. The predicted octanol–water partition coefficient (Wildman–Crippen LogP) is 1.43. The molecule has 0 saturated carbocycles. The lowest BCUT2D eigenvalue weighted by molar-refractivity contribution is 0.447. The van der Waals surface area contributed by atoms with E-state index in [4.69, 9.17) is 0 Å². The smallest absolute Gasteiger partial charge is 0.0280 e. The molecule has 1 aromatic rings. The first-order valence-electron chi connectivity index (χ1n) is 5.07.